The molecular weight excluding hydrogens is 54.0 g/mol. The van der Waals surface area contributed by atoms with Gasteiger partial charge in [-0.1, -0.05) is 5.92 Å². The second kappa shape index (κ2) is 2.49. The van der Waals surface area contributed by atoms with Gasteiger partial charge in [0.15, 0.2) is 0 Å². The zero-order chi connectivity index (χ0) is 3.41. The summed E-state index contributed by atoms with van der Waals surface area (Å²) in [4.78, 5) is 0. The molecule has 0 saturated heterocycles. The molecule has 0 aliphatic heterocycles. The standard InChI is InChI=1S/C3H3F/c1-2-3-4/h1H,3H2/i4-1. The molecule has 0 amide bonds. The van der Waals surface area contributed by atoms with E-state index in [2.05, 4.69) is 6.42 Å². The fraction of sp³-hybridized carbons (Fsp3) is 0.333. The van der Waals surface area contributed by atoms with Crippen LogP contribution in [-0.2, 0) is 0 Å². The summed E-state index contributed by atoms with van der Waals surface area (Å²) >= 11 is 0. The van der Waals surface area contributed by atoms with Crippen molar-refractivity contribution >= 4 is 0 Å². The minimum Gasteiger partial charge on any atom is -0.237 e. The van der Waals surface area contributed by atoms with Crippen molar-refractivity contribution in [2.45, 2.75) is 0 Å². The maximum atomic E-state index is 10.5. The van der Waals surface area contributed by atoms with Gasteiger partial charge >= 0.3 is 0 Å². The van der Waals surface area contributed by atoms with Crippen LogP contribution in [0.15, 0.2) is 0 Å². The zero-order valence-corrected chi connectivity index (χ0v) is 2.16. The second-order valence-corrected chi connectivity index (χ2v) is 0.338. The summed E-state index contributed by atoms with van der Waals surface area (Å²) in [7, 11) is 0. The van der Waals surface area contributed by atoms with Gasteiger partial charge in [0.25, 0.3) is 0 Å². The number of halogens is 1. The van der Waals surface area contributed by atoms with Gasteiger partial charge in [0.2, 0.25) is 0 Å². The average Bonchev–Trinajstić information content (AvgIpc) is 1.37. The van der Waals surface area contributed by atoms with E-state index < -0.39 is 6.67 Å². The Morgan fingerprint density at radius 3 is 2.25 bits per heavy atom. The van der Waals surface area contributed by atoms with Gasteiger partial charge in [-0.15, -0.1) is 6.42 Å². The van der Waals surface area contributed by atoms with E-state index in [4.69, 9.17) is 0 Å². The van der Waals surface area contributed by atoms with Gasteiger partial charge in [-0.2, -0.15) is 0 Å². The van der Waals surface area contributed by atoms with E-state index >= 15 is 0 Å². The number of hydrogen-bond donors (Lipinski definition) is 0. The molecule has 0 N–H and O–H groups in total. The van der Waals surface area contributed by atoms with Crippen LogP contribution in [0.25, 0.3) is 0 Å². The SMILES string of the molecule is C#CC[18F]. The van der Waals surface area contributed by atoms with Crippen molar-refractivity contribution in [2.75, 3.05) is 6.67 Å². The molecule has 4 heavy (non-hydrogen) atoms. The van der Waals surface area contributed by atoms with Crippen molar-refractivity contribution in [2.24, 2.45) is 0 Å². The molecule has 0 fully saturated rings. The molecule has 0 unspecified atom stereocenters. The van der Waals surface area contributed by atoms with Crippen molar-refractivity contribution in [3.05, 3.63) is 0 Å². The van der Waals surface area contributed by atoms with Crippen LogP contribution in [0.1, 0.15) is 0 Å². The molecule has 0 aromatic rings. The molecule has 0 heterocycles. The van der Waals surface area contributed by atoms with Crippen LogP contribution in [-0.4, -0.2) is 6.67 Å². The largest absolute Gasteiger partial charge is 0.237 e. The molecule has 0 radical (unpaired) electrons. The molecule has 0 rings (SSSR count). The summed E-state index contributed by atoms with van der Waals surface area (Å²) in [6.45, 7) is -0.653. The summed E-state index contributed by atoms with van der Waals surface area (Å²) < 4.78 is 10.5. The topological polar surface area (TPSA) is 0 Å². The van der Waals surface area contributed by atoms with Crippen LogP contribution in [0.2, 0.25) is 0 Å². The third kappa shape index (κ3) is 1.49. The highest BCUT2D eigenvalue weighted by molar-refractivity contribution is 4.81. The van der Waals surface area contributed by atoms with Crippen LogP contribution in [0.3, 0.4) is 0 Å². The van der Waals surface area contributed by atoms with E-state index in [9.17, 15) is 4.39 Å². The lowest BCUT2D eigenvalue weighted by Gasteiger charge is -1.49. The maximum Gasteiger partial charge on any atom is 0.150 e. The van der Waals surface area contributed by atoms with Crippen LogP contribution in [0.5, 0.6) is 0 Å². The van der Waals surface area contributed by atoms with Crippen LogP contribution < -0.4 is 0 Å². The summed E-state index contributed by atoms with van der Waals surface area (Å²) in [5.74, 6) is 1.76. The average molecular weight is 57.1 g/mol. The van der Waals surface area contributed by atoms with E-state index in [0.29, 0.717) is 0 Å². The Bertz CT molecular complexity index is 33.0. The Balaban J connectivity index is 2.43. The highest BCUT2D eigenvalue weighted by Crippen LogP contribution is 1.50. The highest BCUT2D eigenvalue weighted by Gasteiger charge is 1.48. The molecule has 0 spiro atoms. The predicted octanol–water partition coefficient (Wildman–Crippen LogP) is 0.589. The van der Waals surface area contributed by atoms with E-state index in [-0.39, 0.29) is 0 Å². The first-order valence-corrected chi connectivity index (χ1v) is 0.909. The Kier molecular flexibility index (Phi) is 2.17. The lowest BCUT2D eigenvalue weighted by Crippen LogP contribution is -1.50. The summed E-state index contributed by atoms with van der Waals surface area (Å²) in [5.41, 5.74) is 0. The Morgan fingerprint density at radius 2 is 2.25 bits per heavy atom. The molecule has 0 aromatic heterocycles. The van der Waals surface area contributed by atoms with Gasteiger partial charge in [-0.25, -0.2) is 4.39 Å². The lowest BCUT2D eigenvalue weighted by atomic mass is 10.8. The summed E-state index contributed by atoms with van der Waals surface area (Å²) in [6.07, 6.45) is 4.40. The molecule has 0 aliphatic rings. The van der Waals surface area contributed by atoms with Crippen LogP contribution in [0, 0.1) is 12.3 Å². The molecule has 0 aromatic carbocycles. The number of terminal acetylenes is 1. The summed E-state index contributed by atoms with van der Waals surface area (Å²) in [5, 5.41) is 0. The maximum absolute atomic E-state index is 10.5. The molecule has 0 bridgehead atoms. The first-order chi connectivity index (χ1) is 1.91. The fourth-order valence-corrected chi connectivity index (χ4v) is 0. The van der Waals surface area contributed by atoms with Gasteiger partial charge in [-0.05, 0) is 0 Å². The van der Waals surface area contributed by atoms with Crippen molar-refractivity contribution in [1.29, 1.82) is 0 Å². The third-order valence-electron chi connectivity index (χ3n) is 0.0772. The van der Waals surface area contributed by atoms with Crippen molar-refractivity contribution in [3.8, 4) is 12.3 Å². The van der Waals surface area contributed by atoms with E-state index in [0.717, 1.165) is 0 Å². The van der Waals surface area contributed by atoms with Gasteiger partial charge < -0.3 is 0 Å². The second-order valence-electron chi connectivity index (χ2n) is 0.338. The first kappa shape index (κ1) is 3.49. The van der Waals surface area contributed by atoms with Crippen molar-refractivity contribution < 1.29 is 4.39 Å². The quantitative estimate of drug-likeness (QED) is 0.357. The normalized spacial score (nSPS) is 5.00. The van der Waals surface area contributed by atoms with Gasteiger partial charge in [0.1, 0.15) is 6.67 Å². The Labute approximate surface area is 24.6 Å². The minimum atomic E-state index is -0.653. The molecule has 0 nitrogen and oxygen atoms in total. The fourth-order valence-electron chi connectivity index (χ4n) is 0. The van der Waals surface area contributed by atoms with Crippen LogP contribution >= 0.6 is 0 Å². The predicted molar refractivity (Wildman–Crippen MR) is 14.8 cm³/mol. The van der Waals surface area contributed by atoms with Crippen molar-refractivity contribution in [1.82, 2.24) is 0 Å². The van der Waals surface area contributed by atoms with E-state index in [1.807, 2.05) is 0 Å². The zero-order valence-electron chi connectivity index (χ0n) is 2.16. The van der Waals surface area contributed by atoms with Gasteiger partial charge in [0, 0.05) is 0 Å². The Morgan fingerprint density at radius 1 is 2.00 bits per heavy atom. The number of rotatable bonds is 0. The lowest BCUT2D eigenvalue weighted by molar-refractivity contribution is 0.573. The molecule has 0 aliphatic carbocycles. The molecule has 0 saturated carbocycles. The molecular formula is C3H3F. The number of hydrogen-bond acceptors (Lipinski definition) is 0. The monoisotopic (exact) mass is 57.0 g/mol. The van der Waals surface area contributed by atoms with Crippen molar-refractivity contribution in [3.63, 3.8) is 0 Å². The van der Waals surface area contributed by atoms with E-state index in [1.165, 1.54) is 0 Å². The Hall–Kier alpha value is -0.510. The summed E-state index contributed by atoms with van der Waals surface area (Å²) in [6, 6.07) is 0. The van der Waals surface area contributed by atoms with Gasteiger partial charge in [0.05, 0.1) is 0 Å². The highest BCUT2D eigenvalue weighted by atomic mass is 18.2. The molecule has 22 valence electrons. The van der Waals surface area contributed by atoms with E-state index in [1.54, 1.807) is 5.92 Å². The number of alkyl halides is 1. The molecule has 1 heteroatoms. The smallest absolute Gasteiger partial charge is 0.150 e. The first-order valence-electron chi connectivity index (χ1n) is 0.909. The minimum absolute atomic E-state index is 0.653. The third-order valence-corrected chi connectivity index (χ3v) is 0.0772. The molecule has 0 atom stereocenters. The van der Waals surface area contributed by atoms with Gasteiger partial charge in [-0.3, -0.25) is 0 Å². The van der Waals surface area contributed by atoms with Crippen LogP contribution in [0.4, 0.5) is 4.39 Å².